The summed E-state index contributed by atoms with van der Waals surface area (Å²) in [6, 6.07) is 5.48. The van der Waals surface area contributed by atoms with Gasteiger partial charge in [0, 0.05) is 23.5 Å². The number of ether oxygens (including phenoxy) is 1. The highest BCUT2D eigenvalue weighted by Gasteiger charge is 2.28. The van der Waals surface area contributed by atoms with Gasteiger partial charge in [0.05, 0.1) is 13.2 Å². The molecule has 1 saturated heterocycles. The molecule has 1 aliphatic rings. The molecule has 2 rings (SSSR count). The molecule has 1 aromatic carbocycles. The molecule has 1 fully saturated rings. The maximum atomic E-state index is 12.5. The first kappa shape index (κ1) is 14.7. The van der Waals surface area contributed by atoms with Crippen LogP contribution in [-0.2, 0) is 4.74 Å². The van der Waals surface area contributed by atoms with E-state index in [2.05, 4.69) is 22.7 Å². The summed E-state index contributed by atoms with van der Waals surface area (Å²) in [5, 5.41) is 2.72. The predicted molar refractivity (Wildman–Crippen MR) is 78.3 cm³/mol. The van der Waals surface area contributed by atoms with E-state index < -0.39 is 6.09 Å². The van der Waals surface area contributed by atoms with Crippen LogP contribution in [0.15, 0.2) is 23.1 Å². The second-order valence-electron chi connectivity index (χ2n) is 4.87. The second kappa shape index (κ2) is 6.17. The molecule has 1 aliphatic heterocycles. The largest absolute Gasteiger partial charge is 0.453 e. The first-order chi connectivity index (χ1) is 9.51. The molecule has 108 valence electrons. The minimum atomic E-state index is -0.460. The summed E-state index contributed by atoms with van der Waals surface area (Å²) in [5.74, 6) is -0.0208. The summed E-state index contributed by atoms with van der Waals surface area (Å²) < 4.78 is 4.56. The number of nitrogens with zero attached hydrogens (tertiary/aromatic N) is 1. The predicted octanol–water partition coefficient (Wildman–Crippen LogP) is 1.85. The summed E-state index contributed by atoms with van der Waals surface area (Å²) in [7, 11) is 1.33. The molecule has 1 aromatic rings. The van der Waals surface area contributed by atoms with Gasteiger partial charge >= 0.3 is 6.09 Å². The van der Waals surface area contributed by atoms with E-state index in [0.717, 1.165) is 16.9 Å². The van der Waals surface area contributed by atoms with E-state index >= 15 is 0 Å². The zero-order valence-electron chi connectivity index (χ0n) is 11.5. The monoisotopic (exact) mass is 294 g/mol. The number of hydrogen-bond donors (Lipinski definition) is 2. The molecule has 0 spiro atoms. The molecule has 0 bridgehead atoms. The molecule has 1 unspecified atom stereocenters. The van der Waals surface area contributed by atoms with Crippen LogP contribution in [0, 0.1) is 6.92 Å². The van der Waals surface area contributed by atoms with Gasteiger partial charge in [0.15, 0.2) is 0 Å². The van der Waals surface area contributed by atoms with Crippen molar-refractivity contribution in [1.82, 2.24) is 10.2 Å². The number of benzene rings is 1. The highest BCUT2D eigenvalue weighted by atomic mass is 32.1. The lowest BCUT2D eigenvalue weighted by atomic mass is 10.1. The van der Waals surface area contributed by atoms with E-state index in [0.29, 0.717) is 18.7 Å². The van der Waals surface area contributed by atoms with Crippen LogP contribution in [0.4, 0.5) is 4.79 Å². The van der Waals surface area contributed by atoms with Crippen molar-refractivity contribution in [2.24, 2.45) is 0 Å². The molecule has 20 heavy (non-hydrogen) atoms. The van der Waals surface area contributed by atoms with Crippen molar-refractivity contribution < 1.29 is 14.3 Å². The quantitative estimate of drug-likeness (QED) is 0.819. The fourth-order valence-electron chi connectivity index (χ4n) is 2.30. The standard InChI is InChI=1S/C14H18N2O3S/c1-9-3-4-11(20)7-12(9)13(17)16-6-5-10(8-16)15-14(18)19-2/h3-4,7,10,20H,5-6,8H2,1-2H3,(H,15,18). The van der Waals surface area contributed by atoms with Gasteiger partial charge in [0.1, 0.15) is 0 Å². The summed E-state index contributed by atoms with van der Waals surface area (Å²) in [5.41, 5.74) is 1.59. The van der Waals surface area contributed by atoms with Crippen molar-refractivity contribution in [3.8, 4) is 0 Å². The molecule has 0 radical (unpaired) electrons. The lowest BCUT2D eigenvalue weighted by Gasteiger charge is -2.18. The Balaban J connectivity index is 2.04. The number of hydrogen-bond acceptors (Lipinski definition) is 4. The fourth-order valence-corrected chi connectivity index (χ4v) is 2.50. The number of aryl methyl sites for hydroxylation is 1. The smallest absolute Gasteiger partial charge is 0.407 e. The highest BCUT2D eigenvalue weighted by molar-refractivity contribution is 7.80. The zero-order valence-corrected chi connectivity index (χ0v) is 12.4. The van der Waals surface area contributed by atoms with E-state index in [1.165, 1.54) is 7.11 Å². The van der Waals surface area contributed by atoms with E-state index in [9.17, 15) is 9.59 Å². The number of methoxy groups -OCH3 is 1. The first-order valence-electron chi connectivity index (χ1n) is 6.44. The molecular weight excluding hydrogens is 276 g/mol. The van der Waals surface area contributed by atoms with Crippen molar-refractivity contribution in [1.29, 1.82) is 0 Å². The van der Waals surface area contributed by atoms with Gasteiger partial charge in [-0.2, -0.15) is 0 Å². The van der Waals surface area contributed by atoms with Gasteiger partial charge in [-0.25, -0.2) is 4.79 Å². The third-order valence-corrected chi connectivity index (χ3v) is 3.71. The molecule has 2 amide bonds. The van der Waals surface area contributed by atoms with Crippen LogP contribution in [0.3, 0.4) is 0 Å². The van der Waals surface area contributed by atoms with Crippen molar-refractivity contribution in [3.05, 3.63) is 29.3 Å². The van der Waals surface area contributed by atoms with Gasteiger partial charge in [-0.05, 0) is 31.0 Å². The van der Waals surface area contributed by atoms with E-state index in [1.54, 1.807) is 11.0 Å². The van der Waals surface area contributed by atoms with Crippen LogP contribution >= 0.6 is 12.6 Å². The summed E-state index contributed by atoms with van der Waals surface area (Å²) in [4.78, 5) is 26.1. The van der Waals surface area contributed by atoms with E-state index in [1.807, 2.05) is 19.1 Å². The third kappa shape index (κ3) is 3.25. The number of likely N-dealkylation sites (tertiary alicyclic amines) is 1. The first-order valence-corrected chi connectivity index (χ1v) is 6.89. The fraction of sp³-hybridized carbons (Fsp3) is 0.429. The molecule has 1 atom stereocenters. The normalized spacial score (nSPS) is 17.9. The SMILES string of the molecule is COC(=O)NC1CCN(C(=O)c2cc(S)ccc2C)C1. The molecule has 5 nitrogen and oxygen atoms in total. The van der Waals surface area contributed by atoms with Gasteiger partial charge in [-0.3, -0.25) is 4.79 Å². The van der Waals surface area contributed by atoms with Crippen LogP contribution < -0.4 is 5.32 Å². The van der Waals surface area contributed by atoms with Gasteiger partial charge < -0.3 is 15.0 Å². The topological polar surface area (TPSA) is 58.6 Å². The second-order valence-corrected chi connectivity index (χ2v) is 5.39. The van der Waals surface area contributed by atoms with Gasteiger partial charge in [0.25, 0.3) is 5.91 Å². The molecular formula is C14H18N2O3S. The van der Waals surface area contributed by atoms with Crippen molar-refractivity contribution >= 4 is 24.6 Å². The van der Waals surface area contributed by atoms with Crippen LogP contribution in [0.5, 0.6) is 0 Å². The Morgan fingerprint density at radius 1 is 1.45 bits per heavy atom. The molecule has 1 heterocycles. The number of alkyl carbamates (subject to hydrolysis) is 1. The van der Waals surface area contributed by atoms with Gasteiger partial charge in [-0.1, -0.05) is 6.07 Å². The average molecular weight is 294 g/mol. The van der Waals surface area contributed by atoms with Crippen molar-refractivity contribution in [3.63, 3.8) is 0 Å². The number of thiol groups is 1. The van der Waals surface area contributed by atoms with Crippen molar-refractivity contribution in [2.75, 3.05) is 20.2 Å². The Morgan fingerprint density at radius 3 is 2.90 bits per heavy atom. The van der Waals surface area contributed by atoms with E-state index in [-0.39, 0.29) is 11.9 Å². The van der Waals surface area contributed by atoms with Gasteiger partial charge in [0.2, 0.25) is 0 Å². The number of carbonyl (C=O) groups is 2. The minimum Gasteiger partial charge on any atom is -0.453 e. The molecule has 1 N–H and O–H groups in total. The van der Waals surface area contributed by atoms with Crippen LogP contribution in [-0.4, -0.2) is 43.1 Å². The number of rotatable bonds is 2. The molecule has 0 saturated carbocycles. The Bertz CT molecular complexity index is 533. The van der Waals surface area contributed by atoms with Crippen LogP contribution in [0.25, 0.3) is 0 Å². The third-order valence-electron chi connectivity index (χ3n) is 3.43. The Hall–Kier alpha value is -1.69. The summed E-state index contributed by atoms with van der Waals surface area (Å²) >= 11 is 4.27. The highest BCUT2D eigenvalue weighted by Crippen LogP contribution is 2.19. The van der Waals surface area contributed by atoms with Crippen LogP contribution in [0.2, 0.25) is 0 Å². The van der Waals surface area contributed by atoms with Crippen molar-refractivity contribution in [2.45, 2.75) is 24.3 Å². The van der Waals surface area contributed by atoms with Crippen LogP contribution in [0.1, 0.15) is 22.3 Å². The lowest BCUT2D eigenvalue weighted by molar-refractivity contribution is 0.0787. The average Bonchev–Trinajstić information content (AvgIpc) is 2.89. The van der Waals surface area contributed by atoms with Gasteiger partial charge in [-0.15, -0.1) is 12.6 Å². The molecule has 0 aromatic heterocycles. The maximum absolute atomic E-state index is 12.5. The zero-order chi connectivity index (χ0) is 14.7. The Labute approximate surface area is 123 Å². The lowest BCUT2D eigenvalue weighted by Crippen LogP contribution is -2.38. The number of nitrogens with one attached hydrogen (secondary N) is 1. The molecule has 6 heteroatoms. The minimum absolute atomic E-state index is 0.0208. The Morgan fingerprint density at radius 2 is 2.20 bits per heavy atom. The maximum Gasteiger partial charge on any atom is 0.407 e. The number of carbonyl (C=O) groups excluding carboxylic acids is 2. The summed E-state index contributed by atoms with van der Waals surface area (Å²) in [6.07, 6.45) is 0.276. The number of amides is 2. The summed E-state index contributed by atoms with van der Waals surface area (Å²) in [6.45, 7) is 3.04. The van der Waals surface area contributed by atoms with E-state index in [4.69, 9.17) is 0 Å². The Kier molecular flexibility index (Phi) is 4.54. The molecule has 0 aliphatic carbocycles.